The molecule has 0 unspecified atom stereocenters. The van der Waals surface area contributed by atoms with E-state index >= 15 is 0 Å². The largest absolute Gasteiger partial charge is 1.00 e. The maximum atomic E-state index is 13.2. The molecule has 0 aliphatic heterocycles. The van der Waals surface area contributed by atoms with Crippen molar-refractivity contribution in [3.63, 3.8) is 0 Å². The molecule has 0 aromatic carbocycles. The summed E-state index contributed by atoms with van der Waals surface area (Å²) in [6.45, 7) is 5.72. The van der Waals surface area contributed by atoms with Crippen molar-refractivity contribution in [2.75, 3.05) is 17.7 Å². The average molecular weight is 723 g/mol. The van der Waals surface area contributed by atoms with Gasteiger partial charge in [0.05, 0.1) is 0 Å². The standard InChI is InChI=1S/C15H18F2N4S.C14H15ClF2N4S.CH3O.Na/c1-9-7-12(20-11-3-5-15(16,17)6-4-11)21-13(18-9)14-19-10(2)8-22-14;1-8-7-22-13(18-8)12-20-10(15)6-11(21-12)19-9-2-4-14(16,17)5-3-9;1-2;/h7-8,11H,3-6H2,1-2H3,(H,18,20,21);6-7,9H,2-5H2,1H3,(H,19,20,21);1H3;/q;;-1;+1. The second kappa shape index (κ2) is 17.6. The summed E-state index contributed by atoms with van der Waals surface area (Å²) >= 11 is 8.98. The van der Waals surface area contributed by atoms with Crippen LogP contribution in [-0.2, 0) is 0 Å². The van der Waals surface area contributed by atoms with Gasteiger partial charge in [0, 0.05) is 77.7 Å². The molecular formula is C30H36ClF4N8NaOS2. The Morgan fingerprint density at radius 3 is 1.47 bits per heavy atom. The molecule has 0 atom stereocenters. The Kier molecular flexibility index (Phi) is 14.8. The van der Waals surface area contributed by atoms with Crippen LogP contribution >= 0.6 is 34.3 Å². The number of hydrogen-bond donors (Lipinski definition) is 2. The molecule has 9 nitrogen and oxygen atoms in total. The Bertz CT molecular complexity index is 1460. The number of hydrogen-bond acceptors (Lipinski definition) is 11. The number of halogens is 5. The molecule has 6 rings (SSSR count). The first kappa shape index (κ1) is 39.4. The van der Waals surface area contributed by atoms with Gasteiger partial charge in [0.2, 0.25) is 11.8 Å². The van der Waals surface area contributed by atoms with Crippen molar-refractivity contribution in [1.82, 2.24) is 29.9 Å². The van der Waals surface area contributed by atoms with E-state index in [4.69, 9.17) is 16.7 Å². The van der Waals surface area contributed by atoms with E-state index in [1.807, 2.05) is 37.6 Å². The first-order valence-corrected chi connectivity index (χ1v) is 16.9. The van der Waals surface area contributed by atoms with Crippen molar-refractivity contribution >= 4 is 45.9 Å². The molecule has 0 spiro atoms. The average Bonchev–Trinajstić information content (AvgIpc) is 3.64. The zero-order chi connectivity index (χ0) is 33.5. The van der Waals surface area contributed by atoms with Crippen molar-refractivity contribution in [3.8, 4) is 21.7 Å². The van der Waals surface area contributed by atoms with Crippen molar-refractivity contribution in [3.05, 3.63) is 45.1 Å². The first-order chi connectivity index (χ1) is 21.8. The monoisotopic (exact) mass is 722 g/mol. The van der Waals surface area contributed by atoms with Crippen molar-refractivity contribution in [1.29, 1.82) is 0 Å². The third-order valence-electron chi connectivity index (χ3n) is 7.31. The predicted molar refractivity (Wildman–Crippen MR) is 173 cm³/mol. The maximum Gasteiger partial charge on any atom is 1.00 e. The molecule has 2 aliphatic rings. The van der Waals surface area contributed by atoms with Gasteiger partial charge in [0.1, 0.15) is 16.8 Å². The molecule has 0 radical (unpaired) electrons. The van der Waals surface area contributed by atoms with E-state index < -0.39 is 11.8 Å². The van der Waals surface area contributed by atoms with E-state index in [1.54, 1.807) is 6.07 Å². The molecule has 0 amide bonds. The van der Waals surface area contributed by atoms with Crippen LogP contribution in [0.1, 0.15) is 68.4 Å². The maximum absolute atomic E-state index is 13.2. The Labute approximate surface area is 306 Å². The SMILES string of the molecule is C[O-].Cc1cc(NC2CCC(F)(F)CC2)nc(-c2nc(C)cs2)n1.Cc1csc(-c2nc(Cl)cc(NC3CCC(F)(F)CC3)n2)n1.[Na+]. The quantitative estimate of drug-likeness (QED) is 0.165. The summed E-state index contributed by atoms with van der Waals surface area (Å²) in [5, 5.41) is 20.3. The minimum atomic E-state index is -2.54. The van der Waals surface area contributed by atoms with Crippen molar-refractivity contribution < 1.29 is 52.2 Å². The Morgan fingerprint density at radius 1 is 0.660 bits per heavy atom. The van der Waals surface area contributed by atoms with E-state index in [0.29, 0.717) is 59.1 Å². The summed E-state index contributed by atoms with van der Waals surface area (Å²) < 4.78 is 52.8. The Hall–Kier alpha value is -2.01. The molecule has 2 aliphatic carbocycles. The minimum Gasteiger partial charge on any atom is -0.857 e. The summed E-state index contributed by atoms with van der Waals surface area (Å²) in [6, 6.07) is 3.48. The van der Waals surface area contributed by atoms with Gasteiger partial charge in [-0.25, -0.2) is 47.5 Å². The van der Waals surface area contributed by atoms with Crippen LogP contribution in [0.3, 0.4) is 0 Å². The number of nitrogens with one attached hydrogen (secondary N) is 2. The van der Waals surface area contributed by atoms with Gasteiger partial charge in [-0.05, 0) is 46.5 Å². The van der Waals surface area contributed by atoms with Gasteiger partial charge in [-0.3, -0.25) is 0 Å². The summed E-state index contributed by atoms with van der Waals surface area (Å²) in [6.07, 6.45) is 1.44. The van der Waals surface area contributed by atoms with Gasteiger partial charge in [-0.2, -0.15) is 7.11 Å². The molecule has 2 saturated carbocycles. The number of rotatable bonds is 6. The number of aryl methyl sites for hydroxylation is 3. The van der Waals surface area contributed by atoms with Crippen LogP contribution in [0.4, 0.5) is 29.2 Å². The van der Waals surface area contributed by atoms with Gasteiger partial charge < -0.3 is 15.7 Å². The van der Waals surface area contributed by atoms with Crippen molar-refractivity contribution in [2.45, 2.75) is 96.1 Å². The van der Waals surface area contributed by atoms with Crippen molar-refractivity contribution in [2.24, 2.45) is 0 Å². The molecule has 0 bridgehead atoms. The molecule has 4 aromatic heterocycles. The Morgan fingerprint density at radius 2 is 1.06 bits per heavy atom. The van der Waals surface area contributed by atoms with Gasteiger partial charge in [0.25, 0.3) is 0 Å². The number of thiazole rings is 2. The third kappa shape index (κ3) is 12.1. The van der Waals surface area contributed by atoms with E-state index in [1.165, 1.54) is 22.7 Å². The van der Waals surface area contributed by atoms with Gasteiger partial charge in [-0.15, -0.1) is 22.7 Å². The van der Waals surface area contributed by atoms with Crippen LogP contribution in [0.2, 0.25) is 5.15 Å². The number of anilines is 2. The summed E-state index contributed by atoms with van der Waals surface area (Å²) in [7, 11) is 0.750. The number of alkyl halides is 4. The van der Waals surface area contributed by atoms with Crippen LogP contribution in [0.5, 0.6) is 0 Å². The number of nitrogens with zero attached hydrogens (tertiary/aromatic N) is 6. The topological polar surface area (TPSA) is 124 Å². The van der Waals surface area contributed by atoms with Crippen LogP contribution in [0.25, 0.3) is 21.7 Å². The predicted octanol–water partition coefficient (Wildman–Crippen LogP) is 4.74. The van der Waals surface area contributed by atoms with Gasteiger partial charge in [-0.1, -0.05) is 11.6 Å². The summed E-state index contributed by atoms with van der Waals surface area (Å²) in [5.41, 5.74) is 2.67. The first-order valence-electron chi connectivity index (χ1n) is 14.8. The van der Waals surface area contributed by atoms with Crippen LogP contribution in [-0.4, -0.2) is 60.9 Å². The fourth-order valence-corrected chi connectivity index (χ4v) is 6.67. The molecule has 4 heterocycles. The Balaban J connectivity index is 0.000000238. The smallest absolute Gasteiger partial charge is 0.857 e. The molecule has 4 aromatic rings. The van der Waals surface area contributed by atoms with E-state index in [0.717, 1.165) is 29.2 Å². The zero-order valence-corrected chi connectivity index (χ0v) is 31.3. The van der Waals surface area contributed by atoms with E-state index in [2.05, 4.69) is 40.5 Å². The fourth-order valence-electron chi connectivity index (χ4n) is 5.03. The van der Waals surface area contributed by atoms with E-state index in [-0.39, 0.29) is 67.3 Å². The van der Waals surface area contributed by atoms with Crippen LogP contribution < -0.4 is 45.3 Å². The molecule has 47 heavy (non-hydrogen) atoms. The fraction of sp³-hybridized carbons (Fsp3) is 0.533. The number of aromatic nitrogens is 6. The second-order valence-corrected chi connectivity index (χ2v) is 13.4. The molecule has 2 N–H and O–H groups in total. The minimum absolute atomic E-state index is 0. The summed E-state index contributed by atoms with van der Waals surface area (Å²) in [4.78, 5) is 26.2. The molecular weight excluding hydrogens is 687 g/mol. The van der Waals surface area contributed by atoms with Crippen LogP contribution in [0, 0.1) is 20.8 Å². The molecule has 2 fully saturated rings. The molecule has 0 saturated heterocycles. The summed E-state index contributed by atoms with van der Waals surface area (Å²) in [5.74, 6) is -2.77. The normalized spacial score (nSPS) is 17.3. The zero-order valence-electron chi connectivity index (χ0n) is 26.9. The van der Waals surface area contributed by atoms with Gasteiger partial charge in [0.15, 0.2) is 21.7 Å². The third-order valence-corrected chi connectivity index (χ3v) is 9.41. The van der Waals surface area contributed by atoms with Crippen LogP contribution in [0.15, 0.2) is 22.9 Å². The van der Waals surface area contributed by atoms with E-state index in [9.17, 15) is 17.6 Å². The molecule has 250 valence electrons. The molecule has 17 heteroatoms. The second-order valence-electron chi connectivity index (χ2n) is 11.3. The van der Waals surface area contributed by atoms with Gasteiger partial charge >= 0.3 is 29.6 Å².